The first-order valence-corrected chi connectivity index (χ1v) is 9.24. The van der Waals surface area contributed by atoms with Gasteiger partial charge in [0, 0.05) is 6.61 Å². The maximum Gasteiger partial charge on any atom is 0.100 e. The number of hydrogen-bond acceptors (Lipinski definition) is 5. The van der Waals surface area contributed by atoms with Crippen molar-refractivity contribution in [2.75, 3.05) is 26.4 Å². The summed E-state index contributed by atoms with van der Waals surface area (Å²) in [7, 11) is 0. The Morgan fingerprint density at radius 1 is 0.739 bits per heavy atom. The molecule has 0 saturated carbocycles. The monoisotopic (exact) mass is 336 g/mol. The van der Waals surface area contributed by atoms with Gasteiger partial charge < -0.3 is 25.2 Å². The van der Waals surface area contributed by atoms with Crippen molar-refractivity contribution < 1.29 is 25.2 Å². The van der Waals surface area contributed by atoms with E-state index in [0.717, 1.165) is 13.0 Å². The maximum atomic E-state index is 8.99. The Morgan fingerprint density at radius 3 is 1.52 bits per heavy atom. The molecule has 0 aliphatic heterocycles. The standard InChI is InChI=1S/C15H32O2.C3H8O3/c1-3-4-5-6-7-8-9-10-11-12-13-17-14-15(2)16;4-1-3(6)2-5/h15-16H,3-14H2,1-2H3;3-6H,1-2H2. The van der Waals surface area contributed by atoms with Crippen LogP contribution in [0.3, 0.4) is 0 Å². The summed E-state index contributed by atoms with van der Waals surface area (Å²) in [5.41, 5.74) is 0. The van der Waals surface area contributed by atoms with Crippen molar-refractivity contribution in [3.63, 3.8) is 0 Å². The molecule has 0 spiro atoms. The molecule has 5 nitrogen and oxygen atoms in total. The first-order valence-electron chi connectivity index (χ1n) is 9.24. The predicted molar refractivity (Wildman–Crippen MR) is 94.5 cm³/mol. The third-order valence-electron chi connectivity index (χ3n) is 3.42. The quantitative estimate of drug-likeness (QED) is 0.345. The van der Waals surface area contributed by atoms with Crippen LogP contribution in [0.15, 0.2) is 0 Å². The second-order valence-corrected chi connectivity index (χ2v) is 6.12. The Bertz CT molecular complexity index is 196. The Balaban J connectivity index is 0. The molecule has 4 N–H and O–H groups in total. The van der Waals surface area contributed by atoms with Gasteiger partial charge in [0.25, 0.3) is 0 Å². The summed E-state index contributed by atoms with van der Waals surface area (Å²) in [6.07, 6.45) is 12.3. The second-order valence-electron chi connectivity index (χ2n) is 6.12. The van der Waals surface area contributed by atoms with Crippen molar-refractivity contribution in [2.24, 2.45) is 0 Å². The second kappa shape index (κ2) is 21.8. The van der Waals surface area contributed by atoms with Crippen LogP contribution in [0.1, 0.15) is 78.1 Å². The lowest BCUT2D eigenvalue weighted by atomic mass is 10.1. The number of unbranched alkanes of at least 4 members (excludes halogenated alkanes) is 9. The summed E-state index contributed by atoms with van der Waals surface area (Å²) >= 11 is 0. The van der Waals surface area contributed by atoms with E-state index in [-0.39, 0.29) is 19.3 Å². The molecule has 0 heterocycles. The van der Waals surface area contributed by atoms with E-state index in [1.807, 2.05) is 0 Å². The molecule has 0 radical (unpaired) electrons. The topological polar surface area (TPSA) is 90.2 Å². The van der Waals surface area contributed by atoms with Gasteiger partial charge in [0.05, 0.1) is 25.9 Å². The van der Waals surface area contributed by atoms with Crippen LogP contribution in [-0.2, 0) is 4.74 Å². The number of rotatable bonds is 15. The lowest BCUT2D eigenvalue weighted by Gasteiger charge is -2.06. The summed E-state index contributed by atoms with van der Waals surface area (Å²) < 4.78 is 5.32. The fourth-order valence-electron chi connectivity index (χ4n) is 2.00. The molecule has 1 unspecified atom stereocenters. The molecule has 23 heavy (non-hydrogen) atoms. The van der Waals surface area contributed by atoms with Crippen LogP contribution in [0.2, 0.25) is 0 Å². The van der Waals surface area contributed by atoms with Crippen LogP contribution in [-0.4, -0.2) is 59.1 Å². The van der Waals surface area contributed by atoms with Crippen LogP contribution >= 0.6 is 0 Å². The fourth-order valence-corrected chi connectivity index (χ4v) is 2.00. The largest absolute Gasteiger partial charge is 0.394 e. The smallest absolute Gasteiger partial charge is 0.100 e. The average molecular weight is 337 g/mol. The zero-order chi connectivity index (χ0) is 17.8. The van der Waals surface area contributed by atoms with Crippen LogP contribution in [0.5, 0.6) is 0 Å². The fraction of sp³-hybridized carbons (Fsp3) is 1.00. The van der Waals surface area contributed by atoms with Crippen LogP contribution in [0.25, 0.3) is 0 Å². The van der Waals surface area contributed by atoms with Crippen molar-refractivity contribution >= 4 is 0 Å². The molecule has 0 fully saturated rings. The van der Waals surface area contributed by atoms with Gasteiger partial charge in [0.15, 0.2) is 0 Å². The van der Waals surface area contributed by atoms with Gasteiger partial charge in [0.1, 0.15) is 6.10 Å². The molecule has 0 aromatic rings. The molecular formula is C18H40O5. The molecule has 142 valence electrons. The third-order valence-corrected chi connectivity index (χ3v) is 3.42. The maximum absolute atomic E-state index is 8.99. The highest BCUT2D eigenvalue weighted by molar-refractivity contribution is 4.48. The van der Waals surface area contributed by atoms with E-state index in [1.165, 1.54) is 57.8 Å². The molecular weight excluding hydrogens is 296 g/mol. The first-order chi connectivity index (χ1) is 11.1. The normalized spacial score (nSPS) is 12.1. The molecule has 0 amide bonds. The van der Waals surface area contributed by atoms with Crippen molar-refractivity contribution in [2.45, 2.75) is 90.3 Å². The van der Waals surface area contributed by atoms with E-state index in [9.17, 15) is 0 Å². The summed E-state index contributed by atoms with van der Waals surface area (Å²) in [5, 5.41) is 33.0. The highest BCUT2D eigenvalue weighted by atomic mass is 16.5. The SMILES string of the molecule is CCCCCCCCCCCCOCC(C)O.OCC(O)CO. The predicted octanol–water partition coefficient (Wildman–Crippen LogP) is 2.64. The molecule has 0 aliphatic rings. The molecule has 0 bridgehead atoms. The molecule has 0 saturated heterocycles. The van der Waals surface area contributed by atoms with Crippen molar-refractivity contribution in [3.05, 3.63) is 0 Å². The van der Waals surface area contributed by atoms with Crippen LogP contribution < -0.4 is 0 Å². The van der Waals surface area contributed by atoms with Crippen molar-refractivity contribution in [3.8, 4) is 0 Å². The Labute approximate surface area is 142 Å². The molecule has 0 aromatic carbocycles. The van der Waals surface area contributed by atoms with Gasteiger partial charge in [-0.05, 0) is 13.3 Å². The van der Waals surface area contributed by atoms with Gasteiger partial charge in [-0.25, -0.2) is 0 Å². The van der Waals surface area contributed by atoms with E-state index in [0.29, 0.717) is 6.61 Å². The summed E-state index contributed by atoms with van der Waals surface area (Å²) in [6, 6.07) is 0. The van der Waals surface area contributed by atoms with Gasteiger partial charge in [-0.1, -0.05) is 64.7 Å². The van der Waals surface area contributed by atoms with Gasteiger partial charge in [0.2, 0.25) is 0 Å². The number of ether oxygens (including phenoxy) is 1. The van der Waals surface area contributed by atoms with E-state index in [1.54, 1.807) is 6.92 Å². The van der Waals surface area contributed by atoms with E-state index < -0.39 is 6.10 Å². The number of aliphatic hydroxyl groups is 4. The number of aliphatic hydroxyl groups excluding tert-OH is 4. The van der Waals surface area contributed by atoms with E-state index in [4.69, 9.17) is 25.2 Å². The lowest BCUT2D eigenvalue weighted by Crippen LogP contribution is -2.15. The summed E-state index contributed by atoms with van der Waals surface area (Å²) in [4.78, 5) is 0. The minimum atomic E-state index is -0.954. The minimum Gasteiger partial charge on any atom is -0.394 e. The third kappa shape index (κ3) is 27.0. The van der Waals surface area contributed by atoms with Crippen molar-refractivity contribution in [1.82, 2.24) is 0 Å². The van der Waals surface area contributed by atoms with Crippen molar-refractivity contribution in [1.29, 1.82) is 0 Å². The van der Waals surface area contributed by atoms with Gasteiger partial charge in [-0.2, -0.15) is 0 Å². The molecule has 0 aliphatic carbocycles. The Hall–Kier alpha value is -0.200. The Kier molecular flexibility index (Phi) is 23.7. The molecule has 0 aromatic heterocycles. The molecule has 5 heteroatoms. The average Bonchev–Trinajstić information content (AvgIpc) is 2.55. The molecule has 0 rings (SSSR count). The summed E-state index contributed by atoms with van der Waals surface area (Å²) in [5.74, 6) is 0. The molecule has 1 atom stereocenters. The van der Waals surface area contributed by atoms with E-state index >= 15 is 0 Å². The van der Waals surface area contributed by atoms with Gasteiger partial charge in [-0.15, -0.1) is 0 Å². The Morgan fingerprint density at radius 2 is 1.17 bits per heavy atom. The van der Waals surface area contributed by atoms with Crippen LogP contribution in [0, 0.1) is 0 Å². The lowest BCUT2D eigenvalue weighted by molar-refractivity contribution is 0.0445. The van der Waals surface area contributed by atoms with Crippen LogP contribution in [0.4, 0.5) is 0 Å². The minimum absolute atomic E-state index is 0.321. The zero-order valence-corrected chi connectivity index (χ0v) is 15.3. The first kappa shape index (κ1) is 25.0. The van der Waals surface area contributed by atoms with Gasteiger partial charge >= 0.3 is 0 Å². The van der Waals surface area contributed by atoms with Gasteiger partial charge in [-0.3, -0.25) is 0 Å². The number of hydrogen-bond donors (Lipinski definition) is 4. The van der Waals surface area contributed by atoms with E-state index in [2.05, 4.69) is 6.92 Å². The summed E-state index contributed by atoms with van der Waals surface area (Å²) in [6.45, 7) is 4.59. The zero-order valence-electron chi connectivity index (χ0n) is 15.3. The highest BCUT2D eigenvalue weighted by Crippen LogP contribution is 2.10. The highest BCUT2D eigenvalue weighted by Gasteiger charge is 1.96.